The Morgan fingerprint density at radius 3 is 2.45 bits per heavy atom. The summed E-state index contributed by atoms with van der Waals surface area (Å²) in [6.07, 6.45) is 1.08. The van der Waals surface area contributed by atoms with Crippen molar-refractivity contribution in [2.75, 3.05) is 13.2 Å². The van der Waals surface area contributed by atoms with Gasteiger partial charge >= 0.3 is 0 Å². The summed E-state index contributed by atoms with van der Waals surface area (Å²) >= 11 is 0. The Labute approximate surface area is 170 Å². The smallest absolute Gasteiger partial charge is 0.266 e. The number of aromatic hydroxyl groups is 1. The van der Waals surface area contributed by atoms with Crippen molar-refractivity contribution in [2.24, 2.45) is 0 Å². The molecule has 0 aromatic heterocycles. The van der Waals surface area contributed by atoms with E-state index in [0.29, 0.717) is 18.6 Å². The lowest BCUT2D eigenvalue weighted by molar-refractivity contribution is -0.149. The Balaban J connectivity index is 1.90. The molecule has 1 heterocycles. The number of aliphatic hydroxyl groups is 1. The molecule has 0 saturated heterocycles. The molecule has 1 aliphatic heterocycles. The number of ether oxygens (including phenoxy) is 1. The fraction of sp³-hybridized carbons (Fsp3) is 0.435. The van der Waals surface area contributed by atoms with E-state index in [1.807, 2.05) is 20.8 Å². The standard InChI is InChI=1S/C23H28FNO4/c1-14-15(2)21-19(16(3)20(14)27)9-10-23(4,29-21)22(28)25(11-12-26)13-17-5-7-18(24)8-6-17/h5-8,26-27H,9-13H2,1-4H3/t23-/m0/s1. The molecule has 0 aliphatic carbocycles. The van der Waals surface area contributed by atoms with Gasteiger partial charge in [-0.2, -0.15) is 0 Å². The monoisotopic (exact) mass is 401 g/mol. The lowest BCUT2D eigenvalue weighted by Crippen LogP contribution is -2.53. The van der Waals surface area contributed by atoms with Crippen molar-refractivity contribution >= 4 is 5.91 Å². The molecule has 0 radical (unpaired) electrons. The van der Waals surface area contributed by atoms with Crippen LogP contribution in [0.25, 0.3) is 0 Å². The van der Waals surface area contributed by atoms with E-state index in [9.17, 15) is 19.4 Å². The number of carbonyl (C=O) groups is 1. The SMILES string of the molecule is Cc1c(C)c2c(c(C)c1O)CC[C@@](C)(C(=O)N(CCO)Cc1ccc(F)cc1)O2. The van der Waals surface area contributed by atoms with Crippen LogP contribution in [0.4, 0.5) is 4.39 Å². The molecule has 0 spiro atoms. The summed E-state index contributed by atoms with van der Waals surface area (Å²) in [4.78, 5) is 15.0. The molecule has 1 aliphatic rings. The Bertz CT molecular complexity index is 926. The molecule has 5 nitrogen and oxygen atoms in total. The quantitative estimate of drug-likeness (QED) is 0.804. The van der Waals surface area contributed by atoms with Crippen LogP contribution in [0.2, 0.25) is 0 Å². The number of phenols is 1. The summed E-state index contributed by atoms with van der Waals surface area (Å²) < 4.78 is 19.5. The summed E-state index contributed by atoms with van der Waals surface area (Å²) in [5, 5.41) is 19.8. The van der Waals surface area contributed by atoms with E-state index in [2.05, 4.69) is 0 Å². The number of nitrogens with zero attached hydrogens (tertiary/aromatic N) is 1. The maximum atomic E-state index is 13.4. The van der Waals surface area contributed by atoms with Crippen LogP contribution in [0.15, 0.2) is 24.3 Å². The second-order valence-electron chi connectivity index (χ2n) is 7.94. The van der Waals surface area contributed by atoms with Crippen molar-refractivity contribution in [1.82, 2.24) is 4.90 Å². The molecule has 29 heavy (non-hydrogen) atoms. The number of hydrogen-bond donors (Lipinski definition) is 2. The summed E-state index contributed by atoms with van der Waals surface area (Å²) in [7, 11) is 0. The molecule has 1 atom stereocenters. The van der Waals surface area contributed by atoms with Gasteiger partial charge in [-0.1, -0.05) is 12.1 Å². The fourth-order valence-corrected chi connectivity index (χ4v) is 3.92. The molecular formula is C23H28FNO4. The number of rotatable bonds is 5. The molecule has 2 aromatic carbocycles. The average molecular weight is 401 g/mol. The Morgan fingerprint density at radius 1 is 1.17 bits per heavy atom. The zero-order valence-corrected chi connectivity index (χ0v) is 17.4. The van der Waals surface area contributed by atoms with Gasteiger partial charge in [-0.15, -0.1) is 0 Å². The molecule has 156 valence electrons. The maximum absolute atomic E-state index is 13.4. The topological polar surface area (TPSA) is 70.0 Å². The van der Waals surface area contributed by atoms with Gasteiger partial charge in [0.15, 0.2) is 5.60 Å². The van der Waals surface area contributed by atoms with Gasteiger partial charge in [-0.25, -0.2) is 4.39 Å². The van der Waals surface area contributed by atoms with Gasteiger partial charge in [-0.05, 0) is 68.5 Å². The fourth-order valence-electron chi connectivity index (χ4n) is 3.92. The van der Waals surface area contributed by atoms with Crippen molar-refractivity contribution in [3.05, 3.63) is 57.9 Å². The number of fused-ring (bicyclic) bond motifs is 1. The summed E-state index contributed by atoms with van der Waals surface area (Å²) in [5.41, 5.74) is 2.99. The summed E-state index contributed by atoms with van der Waals surface area (Å²) in [6.45, 7) is 7.60. The minimum absolute atomic E-state index is 0.161. The van der Waals surface area contributed by atoms with E-state index < -0.39 is 5.60 Å². The molecule has 2 N–H and O–H groups in total. The highest BCUT2D eigenvalue weighted by atomic mass is 19.1. The first kappa shape index (κ1) is 21.1. The van der Waals surface area contributed by atoms with Crippen LogP contribution in [-0.2, 0) is 17.8 Å². The zero-order valence-electron chi connectivity index (χ0n) is 17.4. The lowest BCUT2D eigenvalue weighted by atomic mass is 9.86. The van der Waals surface area contributed by atoms with E-state index >= 15 is 0 Å². The Hall–Kier alpha value is -2.60. The van der Waals surface area contributed by atoms with E-state index in [-0.39, 0.29) is 37.2 Å². The number of halogens is 1. The van der Waals surface area contributed by atoms with Crippen LogP contribution >= 0.6 is 0 Å². The first-order valence-electron chi connectivity index (χ1n) is 9.83. The Kier molecular flexibility index (Phi) is 5.85. The highest BCUT2D eigenvalue weighted by Gasteiger charge is 2.43. The van der Waals surface area contributed by atoms with Gasteiger partial charge in [0.05, 0.1) is 6.61 Å². The number of amides is 1. The molecule has 0 unspecified atom stereocenters. The van der Waals surface area contributed by atoms with Crippen molar-refractivity contribution in [1.29, 1.82) is 0 Å². The third kappa shape index (κ3) is 3.94. The molecule has 2 aromatic rings. The van der Waals surface area contributed by atoms with E-state index in [4.69, 9.17) is 4.74 Å². The second kappa shape index (κ2) is 8.03. The molecule has 0 saturated carbocycles. The number of hydrogen-bond acceptors (Lipinski definition) is 4. The molecule has 0 bridgehead atoms. The first-order valence-corrected chi connectivity index (χ1v) is 9.83. The van der Waals surface area contributed by atoms with Crippen LogP contribution in [-0.4, -0.2) is 39.8 Å². The summed E-state index contributed by atoms with van der Waals surface area (Å²) in [6, 6.07) is 5.97. The van der Waals surface area contributed by atoms with E-state index in [0.717, 1.165) is 27.8 Å². The molecule has 3 rings (SSSR count). The predicted molar refractivity (Wildman–Crippen MR) is 109 cm³/mol. The van der Waals surface area contributed by atoms with Crippen molar-refractivity contribution in [3.63, 3.8) is 0 Å². The van der Waals surface area contributed by atoms with Gasteiger partial charge in [0, 0.05) is 25.1 Å². The highest BCUT2D eigenvalue weighted by molar-refractivity contribution is 5.86. The summed E-state index contributed by atoms with van der Waals surface area (Å²) in [5.74, 6) is 0.380. The average Bonchev–Trinajstić information content (AvgIpc) is 2.71. The van der Waals surface area contributed by atoms with Crippen molar-refractivity contribution in [3.8, 4) is 11.5 Å². The molecular weight excluding hydrogens is 373 g/mol. The van der Waals surface area contributed by atoms with E-state index in [1.165, 1.54) is 12.1 Å². The van der Waals surface area contributed by atoms with Crippen molar-refractivity contribution in [2.45, 2.75) is 52.7 Å². The lowest BCUT2D eigenvalue weighted by Gasteiger charge is -2.39. The number of carbonyl (C=O) groups excluding carboxylic acids is 1. The maximum Gasteiger partial charge on any atom is 0.266 e. The third-order valence-electron chi connectivity index (χ3n) is 5.92. The Morgan fingerprint density at radius 2 is 1.83 bits per heavy atom. The molecule has 0 fully saturated rings. The number of phenolic OH excluding ortho intramolecular Hbond substituents is 1. The van der Waals surface area contributed by atoms with Crippen LogP contribution < -0.4 is 4.74 Å². The van der Waals surface area contributed by atoms with Crippen LogP contribution in [0.5, 0.6) is 11.5 Å². The third-order valence-corrected chi connectivity index (χ3v) is 5.92. The van der Waals surface area contributed by atoms with Gasteiger partial charge in [0.25, 0.3) is 5.91 Å². The van der Waals surface area contributed by atoms with Crippen molar-refractivity contribution < 1.29 is 24.1 Å². The predicted octanol–water partition coefficient (Wildman–Crippen LogP) is 3.56. The first-order chi connectivity index (χ1) is 13.7. The minimum atomic E-state index is -1.08. The zero-order chi connectivity index (χ0) is 21.3. The molecule has 6 heteroatoms. The van der Waals surface area contributed by atoms with E-state index in [1.54, 1.807) is 24.0 Å². The highest BCUT2D eigenvalue weighted by Crippen LogP contribution is 2.43. The molecule has 1 amide bonds. The number of benzene rings is 2. The van der Waals surface area contributed by atoms with Gasteiger partial charge in [0.1, 0.15) is 17.3 Å². The number of aliphatic hydroxyl groups excluding tert-OH is 1. The minimum Gasteiger partial charge on any atom is -0.507 e. The van der Waals surface area contributed by atoms with Gasteiger partial charge < -0.3 is 19.8 Å². The van der Waals surface area contributed by atoms with Gasteiger partial charge in [0.2, 0.25) is 0 Å². The van der Waals surface area contributed by atoms with Crippen LogP contribution in [0.1, 0.15) is 41.2 Å². The van der Waals surface area contributed by atoms with Crippen LogP contribution in [0.3, 0.4) is 0 Å². The van der Waals surface area contributed by atoms with Crippen LogP contribution in [0, 0.1) is 26.6 Å². The largest absolute Gasteiger partial charge is 0.507 e. The van der Waals surface area contributed by atoms with Gasteiger partial charge in [-0.3, -0.25) is 4.79 Å². The normalized spacial score (nSPS) is 18.1. The second-order valence-corrected chi connectivity index (χ2v) is 7.94.